The molecule has 0 aromatic carbocycles. The largest absolute Gasteiger partial charge is 0.310 e. The summed E-state index contributed by atoms with van der Waals surface area (Å²) in [6.07, 6.45) is 4.16. The van der Waals surface area contributed by atoms with Gasteiger partial charge in [0.2, 0.25) is 0 Å². The highest BCUT2D eigenvalue weighted by molar-refractivity contribution is 4.91. The van der Waals surface area contributed by atoms with Gasteiger partial charge < -0.3 is 10.2 Å². The van der Waals surface area contributed by atoms with E-state index >= 15 is 0 Å². The summed E-state index contributed by atoms with van der Waals surface area (Å²) in [6.45, 7) is 3.56. The molecule has 0 spiro atoms. The molecule has 1 saturated carbocycles. The van der Waals surface area contributed by atoms with Gasteiger partial charge in [0.1, 0.15) is 0 Å². The average Bonchev–Trinajstić information content (AvgIpc) is 2.65. The maximum Gasteiger partial charge on any atom is 0.0212 e. The zero-order valence-electron chi connectivity index (χ0n) is 7.51. The minimum atomic E-state index is 0.780. The number of likely N-dealkylation sites (N-methyl/N-ethyl adjacent to an activating group) is 1. The molecule has 2 aliphatic rings. The second-order valence-electron chi connectivity index (χ2n) is 4.16. The molecule has 0 bridgehead atoms. The Hall–Kier alpha value is -0.0800. The van der Waals surface area contributed by atoms with Crippen LogP contribution in [0.2, 0.25) is 0 Å². The molecule has 0 aromatic rings. The number of likely N-dealkylation sites (tertiary alicyclic amines) is 1. The van der Waals surface area contributed by atoms with Crippen molar-refractivity contribution >= 4 is 0 Å². The van der Waals surface area contributed by atoms with Crippen molar-refractivity contribution in [2.45, 2.75) is 44.3 Å². The van der Waals surface area contributed by atoms with Crippen LogP contribution in [-0.2, 0) is 0 Å². The number of rotatable bonds is 2. The highest BCUT2D eigenvalue weighted by atomic mass is 15.2. The lowest BCUT2D eigenvalue weighted by atomic mass is 10.2. The van der Waals surface area contributed by atoms with Crippen molar-refractivity contribution in [3.63, 3.8) is 0 Å². The molecule has 1 aliphatic carbocycles. The van der Waals surface area contributed by atoms with Crippen LogP contribution in [0.15, 0.2) is 0 Å². The smallest absolute Gasteiger partial charge is 0.0212 e. The lowest BCUT2D eigenvalue weighted by Gasteiger charge is -2.12. The van der Waals surface area contributed by atoms with E-state index in [1.807, 2.05) is 0 Å². The number of hydrogen-bond acceptors (Lipinski definition) is 2. The molecule has 2 heteroatoms. The monoisotopic (exact) mass is 154 g/mol. The molecule has 0 aromatic heterocycles. The Balaban J connectivity index is 1.78. The summed E-state index contributed by atoms with van der Waals surface area (Å²) in [5, 5.41) is 3.67. The van der Waals surface area contributed by atoms with Gasteiger partial charge in [0, 0.05) is 24.7 Å². The molecular weight excluding hydrogens is 136 g/mol. The first-order valence-corrected chi connectivity index (χ1v) is 4.72. The standard InChI is InChI=1S/C9H18N2/c1-7-5-9(6-11(7)2)10-8-3-4-8/h7-10H,3-6H2,1-2H3. The van der Waals surface area contributed by atoms with E-state index in [1.54, 1.807) is 0 Å². The Labute approximate surface area is 69.0 Å². The molecule has 64 valence electrons. The second-order valence-corrected chi connectivity index (χ2v) is 4.16. The van der Waals surface area contributed by atoms with Crippen LogP contribution in [0.5, 0.6) is 0 Å². The summed E-state index contributed by atoms with van der Waals surface area (Å²) in [7, 11) is 2.22. The van der Waals surface area contributed by atoms with Crippen molar-refractivity contribution in [3.05, 3.63) is 0 Å². The first-order valence-electron chi connectivity index (χ1n) is 4.72. The predicted octanol–water partition coefficient (Wildman–Crippen LogP) is 0.831. The van der Waals surface area contributed by atoms with E-state index in [1.165, 1.54) is 25.8 Å². The Morgan fingerprint density at radius 2 is 2.00 bits per heavy atom. The Bertz CT molecular complexity index is 130. The van der Waals surface area contributed by atoms with Gasteiger partial charge in [-0.2, -0.15) is 0 Å². The molecule has 0 amide bonds. The first kappa shape index (κ1) is 7.56. The summed E-state index contributed by atoms with van der Waals surface area (Å²) in [6, 6.07) is 2.44. The van der Waals surface area contributed by atoms with Gasteiger partial charge in [0.05, 0.1) is 0 Å². The summed E-state index contributed by atoms with van der Waals surface area (Å²) in [4.78, 5) is 2.44. The lowest BCUT2D eigenvalue weighted by Crippen LogP contribution is -2.32. The van der Waals surface area contributed by atoms with E-state index in [2.05, 4.69) is 24.2 Å². The zero-order chi connectivity index (χ0) is 7.84. The molecule has 11 heavy (non-hydrogen) atoms. The summed E-state index contributed by atoms with van der Waals surface area (Å²) in [5.74, 6) is 0. The maximum absolute atomic E-state index is 3.67. The van der Waals surface area contributed by atoms with Crippen LogP contribution in [0.4, 0.5) is 0 Å². The van der Waals surface area contributed by atoms with E-state index < -0.39 is 0 Å². The third-order valence-corrected chi connectivity index (χ3v) is 2.94. The van der Waals surface area contributed by atoms with Crippen molar-refractivity contribution in [1.82, 2.24) is 10.2 Å². The van der Waals surface area contributed by atoms with E-state index in [4.69, 9.17) is 0 Å². The molecule has 1 N–H and O–H groups in total. The van der Waals surface area contributed by atoms with E-state index in [9.17, 15) is 0 Å². The number of nitrogens with one attached hydrogen (secondary N) is 1. The number of nitrogens with zero attached hydrogens (tertiary/aromatic N) is 1. The van der Waals surface area contributed by atoms with Crippen LogP contribution in [0.1, 0.15) is 26.2 Å². The van der Waals surface area contributed by atoms with Crippen molar-refractivity contribution in [2.75, 3.05) is 13.6 Å². The number of hydrogen-bond donors (Lipinski definition) is 1. The first-order chi connectivity index (χ1) is 5.25. The van der Waals surface area contributed by atoms with Crippen molar-refractivity contribution in [2.24, 2.45) is 0 Å². The van der Waals surface area contributed by atoms with Crippen molar-refractivity contribution in [3.8, 4) is 0 Å². The van der Waals surface area contributed by atoms with Crippen LogP contribution in [0, 0.1) is 0 Å². The van der Waals surface area contributed by atoms with Crippen LogP contribution in [-0.4, -0.2) is 36.6 Å². The zero-order valence-corrected chi connectivity index (χ0v) is 7.51. The Morgan fingerprint density at radius 3 is 2.45 bits per heavy atom. The van der Waals surface area contributed by atoms with E-state index in [-0.39, 0.29) is 0 Å². The average molecular weight is 154 g/mol. The fourth-order valence-electron chi connectivity index (χ4n) is 1.90. The second kappa shape index (κ2) is 2.76. The highest BCUT2D eigenvalue weighted by Gasteiger charge is 2.30. The predicted molar refractivity (Wildman–Crippen MR) is 46.7 cm³/mol. The lowest BCUT2D eigenvalue weighted by molar-refractivity contribution is 0.326. The molecule has 2 atom stereocenters. The summed E-state index contributed by atoms with van der Waals surface area (Å²) >= 11 is 0. The SMILES string of the molecule is CC1CC(NC2CC2)CN1C. The molecule has 1 heterocycles. The third-order valence-electron chi connectivity index (χ3n) is 2.94. The molecule has 2 unspecified atom stereocenters. The van der Waals surface area contributed by atoms with Gasteiger partial charge in [-0.15, -0.1) is 0 Å². The van der Waals surface area contributed by atoms with Gasteiger partial charge >= 0.3 is 0 Å². The van der Waals surface area contributed by atoms with Gasteiger partial charge in [-0.3, -0.25) is 0 Å². The molecule has 2 nitrogen and oxygen atoms in total. The highest BCUT2D eigenvalue weighted by Crippen LogP contribution is 2.23. The minimum absolute atomic E-state index is 0.780. The Kier molecular flexibility index (Phi) is 1.90. The summed E-state index contributed by atoms with van der Waals surface area (Å²) in [5.41, 5.74) is 0. The van der Waals surface area contributed by atoms with Crippen LogP contribution in [0.3, 0.4) is 0 Å². The van der Waals surface area contributed by atoms with Gasteiger partial charge in [0.25, 0.3) is 0 Å². The van der Waals surface area contributed by atoms with Gasteiger partial charge in [0.15, 0.2) is 0 Å². The van der Waals surface area contributed by atoms with Gasteiger partial charge in [-0.1, -0.05) is 0 Å². The fourth-order valence-corrected chi connectivity index (χ4v) is 1.90. The Morgan fingerprint density at radius 1 is 1.27 bits per heavy atom. The van der Waals surface area contributed by atoms with Crippen molar-refractivity contribution in [1.29, 1.82) is 0 Å². The normalized spacial score (nSPS) is 39.8. The molecule has 2 rings (SSSR count). The third kappa shape index (κ3) is 1.74. The molecule has 2 fully saturated rings. The molecule has 0 radical (unpaired) electrons. The summed E-state index contributed by atoms with van der Waals surface area (Å²) < 4.78 is 0. The van der Waals surface area contributed by atoms with Crippen LogP contribution < -0.4 is 5.32 Å². The van der Waals surface area contributed by atoms with E-state index in [0.29, 0.717) is 0 Å². The molecule has 1 saturated heterocycles. The van der Waals surface area contributed by atoms with Crippen LogP contribution in [0.25, 0.3) is 0 Å². The van der Waals surface area contributed by atoms with E-state index in [0.717, 1.165) is 18.1 Å². The maximum atomic E-state index is 3.67. The molecular formula is C9H18N2. The minimum Gasteiger partial charge on any atom is -0.310 e. The van der Waals surface area contributed by atoms with Gasteiger partial charge in [-0.05, 0) is 33.2 Å². The topological polar surface area (TPSA) is 15.3 Å². The van der Waals surface area contributed by atoms with Crippen molar-refractivity contribution < 1.29 is 0 Å². The van der Waals surface area contributed by atoms with Gasteiger partial charge in [-0.25, -0.2) is 0 Å². The van der Waals surface area contributed by atoms with Crippen LogP contribution >= 0.6 is 0 Å². The fraction of sp³-hybridized carbons (Fsp3) is 1.00. The quantitative estimate of drug-likeness (QED) is 0.634. The molecule has 1 aliphatic heterocycles.